The molecule has 0 atom stereocenters. The lowest BCUT2D eigenvalue weighted by atomic mass is 10.1. The largest absolute Gasteiger partial charge is 0.341 e. The molecule has 0 aliphatic carbocycles. The van der Waals surface area contributed by atoms with Gasteiger partial charge in [0, 0.05) is 43.9 Å². The van der Waals surface area contributed by atoms with E-state index in [4.69, 9.17) is 17.3 Å². The van der Waals surface area contributed by atoms with Gasteiger partial charge in [0.25, 0.3) is 5.56 Å². The number of carbonyl (C=O) groups is 1. The standard InChI is InChI=1S/C28H25N5O2S/c1-31(25(34)16-17-32-27(35)23-14-8-9-15-24(23)29-28(32)36)18-21-19-33(22-12-6-3-7-13-22)30-26(21)20-10-4-2-5-11-20/h2-15,19H,16-18H2,1H3,(H,29,36). The number of rotatable bonds is 7. The minimum absolute atomic E-state index is 0.0871. The molecule has 8 heteroatoms. The molecule has 5 rings (SSSR count). The Morgan fingerprint density at radius 2 is 1.64 bits per heavy atom. The summed E-state index contributed by atoms with van der Waals surface area (Å²) in [5.41, 5.74) is 4.18. The second-order valence-corrected chi connectivity index (χ2v) is 8.97. The summed E-state index contributed by atoms with van der Waals surface area (Å²) in [4.78, 5) is 30.7. The van der Waals surface area contributed by atoms with Crippen molar-refractivity contribution < 1.29 is 4.79 Å². The molecule has 7 nitrogen and oxygen atoms in total. The van der Waals surface area contributed by atoms with Gasteiger partial charge in [0.05, 0.1) is 22.3 Å². The maximum atomic E-state index is 13.1. The van der Waals surface area contributed by atoms with Gasteiger partial charge in [0.1, 0.15) is 0 Å². The number of nitrogens with zero attached hydrogens (tertiary/aromatic N) is 4. The van der Waals surface area contributed by atoms with E-state index in [-0.39, 0.29) is 24.4 Å². The molecule has 0 saturated heterocycles. The molecule has 3 aromatic carbocycles. The highest BCUT2D eigenvalue weighted by Gasteiger charge is 2.17. The summed E-state index contributed by atoms with van der Waals surface area (Å²) in [7, 11) is 1.76. The molecule has 5 aromatic rings. The van der Waals surface area contributed by atoms with Crippen molar-refractivity contribution in [3.8, 4) is 16.9 Å². The topological polar surface area (TPSA) is 75.9 Å². The van der Waals surface area contributed by atoms with Gasteiger partial charge in [-0.15, -0.1) is 0 Å². The predicted molar refractivity (Wildman–Crippen MR) is 143 cm³/mol. The number of aromatic nitrogens is 4. The van der Waals surface area contributed by atoms with Crippen LogP contribution in [0.3, 0.4) is 0 Å². The van der Waals surface area contributed by atoms with Gasteiger partial charge in [-0.2, -0.15) is 5.10 Å². The number of amides is 1. The zero-order valence-electron chi connectivity index (χ0n) is 19.8. The van der Waals surface area contributed by atoms with E-state index >= 15 is 0 Å². The summed E-state index contributed by atoms with van der Waals surface area (Å²) in [6, 6.07) is 27.0. The average Bonchev–Trinajstić information content (AvgIpc) is 3.33. The van der Waals surface area contributed by atoms with Crippen molar-refractivity contribution in [1.29, 1.82) is 0 Å². The van der Waals surface area contributed by atoms with Crippen molar-refractivity contribution >= 4 is 29.0 Å². The maximum absolute atomic E-state index is 13.1. The predicted octanol–water partition coefficient (Wildman–Crippen LogP) is 4.96. The van der Waals surface area contributed by atoms with E-state index in [1.165, 1.54) is 4.57 Å². The van der Waals surface area contributed by atoms with E-state index in [1.54, 1.807) is 18.0 Å². The monoisotopic (exact) mass is 495 g/mol. The van der Waals surface area contributed by atoms with Crippen LogP contribution in [0.2, 0.25) is 0 Å². The molecule has 0 aliphatic heterocycles. The number of nitrogens with one attached hydrogen (secondary N) is 1. The molecule has 2 heterocycles. The van der Waals surface area contributed by atoms with Gasteiger partial charge in [-0.05, 0) is 36.5 Å². The van der Waals surface area contributed by atoms with E-state index in [9.17, 15) is 9.59 Å². The Morgan fingerprint density at radius 3 is 2.39 bits per heavy atom. The van der Waals surface area contributed by atoms with Gasteiger partial charge in [-0.25, -0.2) is 4.68 Å². The first kappa shape index (κ1) is 23.4. The number of carbonyl (C=O) groups excluding carboxylic acids is 1. The zero-order valence-corrected chi connectivity index (χ0v) is 20.6. The number of hydrogen-bond acceptors (Lipinski definition) is 4. The van der Waals surface area contributed by atoms with Gasteiger partial charge < -0.3 is 9.88 Å². The van der Waals surface area contributed by atoms with Crippen LogP contribution >= 0.6 is 12.2 Å². The maximum Gasteiger partial charge on any atom is 0.262 e. The lowest BCUT2D eigenvalue weighted by Gasteiger charge is -2.17. The fraction of sp³-hybridized carbons (Fsp3) is 0.143. The molecule has 2 aromatic heterocycles. The van der Waals surface area contributed by atoms with Crippen LogP contribution in [0.15, 0.2) is 95.9 Å². The van der Waals surface area contributed by atoms with Crippen molar-refractivity contribution in [2.75, 3.05) is 7.05 Å². The lowest BCUT2D eigenvalue weighted by Crippen LogP contribution is -2.29. The molecule has 180 valence electrons. The first-order valence-corrected chi connectivity index (χ1v) is 12.1. The van der Waals surface area contributed by atoms with E-state index in [2.05, 4.69) is 4.98 Å². The van der Waals surface area contributed by atoms with E-state index in [0.29, 0.717) is 22.2 Å². The summed E-state index contributed by atoms with van der Waals surface area (Å²) in [6.45, 7) is 0.590. The summed E-state index contributed by atoms with van der Waals surface area (Å²) in [5, 5.41) is 5.37. The van der Waals surface area contributed by atoms with Crippen molar-refractivity contribution in [2.45, 2.75) is 19.5 Å². The molecule has 0 spiro atoms. The highest BCUT2D eigenvalue weighted by Crippen LogP contribution is 2.25. The van der Waals surface area contributed by atoms with Gasteiger partial charge in [-0.1, -0.05) is 60.7 Å². The van der Waals surface area contributed by atoms with Crippen LogP contribution in [-0.2, 0) is 17.9 Å². The molecule has 0 unspecified atom stereocenters. The minimum Gasteiger partial charge on any atom is -0.341 e. The Morgan fingerprint density at radius 1 is 0.972 bits per heavy atom. The van der Waals surface area contributed by atoms with E-state index in [0.717, 1.165) is 22.5 Å². The summed E-state index contributed by atoms with van der Waals surface area (Å²) in [5.74, 6) is -0.0871. The first-order valence-electron chi connectivity index (χ1n) is 11.7. The van der Waals surface area contributed by atoms with Crippen LogP contribution in [0.4, 0.5) is 0 Å². The quantitative estimate of drug-likeness (QED) is 0.324. The van der Waals surface area contributed by atoms with Crippen LogP contribution in [-0.4, -0.2) is 37.2 Å². The molecule has 0 bridgehead atoms. The zero-order chi connectivity index (χ0) is 25.1. The van der Waals surface area contributed by atoms with Crippen LogP contribution in [0.1, 0.15) is 12.0 Å². The molecule has 0 saturated carbocycles. The minimum atomic E-state index is -0.194. The fourth-order valence-electron chi connectivity index (χ4n) is 4.22. The lowest BCUT2D eigenvalue weighted by molar-refractivity contribution is -0.130. The van der Waals surface area contributed by atoms with Gasteiger partial charge in [0.15, 0.2) is 4.77 Å². The number of aromatic amines is 1. The molecule has 0 aliphatic rings. The molecular weight excluding hydrogens is 470 g/mol. The van der Waals surface area contributed by atoms with Crippen molar-refractivity contribution in [2.24, 2.45) is 0 Å². The van der Waals surface area contributed by atoms with Crippen LogP contribution in [0.25, 0.3) is 27.8 Å². The van der Waals surface area contributed by atoms with Gasteiger partial charge in [0.2, 0.25) is 5.91 Å². The molecule has 1 amide bonds. The smallest absolute Gasteiger partial charge is 0.262 e. The fourth-order valence-corrected chi connectivity index (χ4v) is 4.51. The highest BCUT2D eigenvalue weighted by atomic mass is 32.1. The van der Waals surface area contributed by atoms with Crippen LogP contribution in [0, 0.1) is 4.77 Å². The van der Waals surface area contributed by atoms with Crippen LogP contribution < -0.4 is 5.56 Å². The third kappa shape index (κ3) is 4.76. The van der Waals surface area contributed by atoms with Gasteiger partial charge in [-0.3, -0.25) is 14.2 Å². The highest BCUT2D eigenvalue weighted by molar-refractivity contribution is 7.71. The molecule has 36 heavy (non-hydrogen) atoms. The Labute approximate surface area is 213 Å². The van der Waals surface area contributed by atoms with Gasteiger partial charge >= 0.3 is 0 Å². The van der Waals surface area contributed by atoms with Crippen molar-refractivity contribution in [1.82, 2.24) is 24.2 Å². The first-order chi connectivity index (χ1) is 17.5. The summed E-state index contributed by atoms with van der Waals surface area (Å²) in [6.07, 6.45) is 2.12. The van der Waals surface area contributed by atoms with Crippen LogP contribution in [0.5, 0.6) is 0 Å². The number of hydrogen-bond donors (Lipinski definition) is 1. The Kier molecular flexibility index (Phi) is 6.60. The van der Waals surface area contributed by atoms with E-state index < -0.39 is 0 Å². The summed E-state index contributed by atoms with van der Waals surface area (Å²) >= 11 is 5.38. The Hall–Kier alpha value is -4.30. The molecule has 0 radical (unpaired) electrons. The van der Waals surface area contributed by atoms with Crippen molar-refractivity contribution in [3.05, 3.63) is 112 Å². The second kappa shape index (κ2) is 10.1. The van der Waals surface area contributed by atoms with E-state index in [1.807, 2.05) is 89.7 Å². The third-order valence-electron chi connectivity index (χ3n) is 6.13. The Bertz CT molecular complexity index is 1640. The third-order valence-corrected chi connectivity index (χ3v) is 6.45. The molecule has 0 fully saturated rings. The summed E-state index contributed by atoms with van der Waals surface area (Å²) < 4.78 is 3.60. The molecular formula is C28H25N5O2S. The SMILES string of the molecule is CN(Cc1cn(-c2ccccc2)nc1-c1ccccc1)C(=O)CCn1c(=S)[nH]c2ccccc2c1=O. The number of H-pyrrole nitrogens is 1. The molecule has 1 N–H and O–H groups in total. The average molecular weight is 496 g/mol. The second-order valence-electron chi connectivity index (χ2n) is 8.58. The normalized spacial score (nSPS) is 11.0. The van der Waals surface area contributed by atoms with Crippen molar-refractivity contribution in [3.63, 3.8) is 0 Å². The number of benzene rings is 3. The number of para-hydroxylation sites is 2. The number of fused-ring (bicyclic) bond motifs is 1. The Balaban J connectivity index is 1.37.